The van der Waals surface area contributed by atoms with Crippen LogP contribution in [0.25, 0.3) is 6.08 Å². The van der Waals surface area contributed by atoms with Gasteiger partial charge >= 0.3 is 0 Å². The zero-order valence-electron chi connectivity index (χ0n) is 18.4. The largest absolute Gasteiger partial charge is 0.506 e. The molecule has 0 heterocycles. The maximum Gasteiger partial charge on any atom is 0.287 e. The van der Waals surface area contributed by atoms with Crippen molar-refractivity contribution < 1.29 is 24.2 Å². The molecule has 0 aliphatic carbocycles. The van der Waals surface area contributed by atoms with Gasteiger partial charge in [0, 0.05) is 16.7 Å². The Morgan fingerprint density at radius 1 is 0.971 bits per heavy atom. The fraction of sp³-hybridized carbons (Fsp3) is 0.0800. The van der Waals surface area contributed by atoms with Crippen molar-refractivity contribution in [3.05, 3.63) is 94.1 Å². The fourth-order valence-corrected chi connectivity index (χ4v) is 3.08. The van der Waals surface area contributed by atoms with Gasteiger partial charge in [-0.2, -0.15) is 5.10 Å². The number of rotatable bonds is 8. The van der Waals surface area contributed by atoms with Crippen molar-refractivity contribution in [2.45, 2.75) is 0 Å². The highest BCUT2D eigenvalue weighted by atomic mass is 35.5. The van der Waals surface area contributed by atoms with Crippen LogP contribution in [0.4, 0.5) is 0 Å². The van der Waals surface area contributed by atoms with Gasteiger partial charge < -0.3 is 19.9 Å². The Labute approximate surface area is 201 Å². The number of carbonyl (C=O) groups is 2. The van der Waals surface area contributed by atoms with Crippen molar-refractivity contribution in [1.29, 1.82) is 0 Å². The van der Waals surface area contributed by atoms with Gasteiger partial charge in [0.15, 0.2) is 0 Å². The molecule has 0 saturated heterocycles. The van der Waals surface area contributed by atoms with E-state index in [-0.39, 0.29) is 16.5 Å². The Bertz CT molecular complexity index is 1240. The third-order valence-electron chi connectivity index (χ3n) is 4.64. The molecule has 3 aromatic carbocycles. The van der Waals surface area contributed by atoms with Crippen LogP contribution in [0.1, 0.15) is 21.5 Å². The van der Waals surface area contributed by atoms with Crippen molar-refractivity contribution >= 4 is 35.7 Å². The van der Waals surface area contributed by atoms with E-state index in [4.69, 9.17) is 21.1 Å². The molecule has 9 heteroatoms. The van der Waals surface area contributed by atoms with Crippen molar-refractivity contribution in [1.82, 2.24) is 10.7 Å². The molecule has 0 saturated carbocycles. The predicted octanol–water partition coefficient (Wildman–Crippen LogP) is 3.98. The molecule has 8 nitrogen and oxygen atoms in total. The molecule has 0 aliphatic rings. The van der Waals surface area contributed by atoms with Crippen LogP contribution in [0.15, 0.2) is 77.5 Å². The molecule has 2 amide bonds. The number of amides is 2. The topological polar surface area (TPSA) is 109 Å². The van der Waals surface area contributed by atoms with Crippen LogP contribution in [0.5, 0.6) is 17.2 Å². The first kappa shape index (κ1) is 24.3. The second-order valence-corrected chi connectivity index (χ2v) is 7.24. The molecule has 0 atom stereocenters. The molecular formula is C25H22ClN3O5. The molecule has 3 aromatic rings. The van der Waals surface area contributed by atoms with E-state index in [0.717, 1.165) is 0 Å². The maximum atomic E-state index is 12.9. The number of nitrogens with one attached hydrogen (secondary N) is 2. The molecule has 3 rings (SSSR count). The number of carbonyl (C=O) groups excluding carboxylic acids is 2. The number of ether oxygens (including phenoxy) is 2. The molecular weight excluding hydrogens is 458 g/mol. The van der Waals surface area contributed by atoms with E-state index < -0.39 is 11.8 Å². The van der Waals surface area contributed by atoms with Crippen LogP contribution in [0.2, 0.25) is 5.02 Å². The molecule has 0 aliphatic heterocycles. The normalized spacial score (nSPS) is 11.2. The lowest BCUT2D eigenvalue weighted by molar-refractivity contribution is -0.117. The highest BCUT2D eigenvalue weighted by Gasteiger charge is 2.16. The van der Waals surface area contributed by atoms with Crippen molar-refractivity contribution in [3.8, 4) is 17.2 Å². The smallest absolute Gasteiger partial charge is 0.287 e. The molecule has 34 heavy (non-hydrogen) atoms. The quantitative estimate of drug-likeness (QED) is 0.257. The Hall–Kier alpha value is -4.30. The molecule has 174 valence electrons. The van der Waals surface area contributed by atoms with Crippen LogP contribution in [0.3, 0.4) is 0 Å². The predicted molar refractivity (Wildman–Crippen MR) is 130 cm³/mol. The number of hydrazone groups is 1. The first-order valence-corrected chi connectivity index (χ1v) is 10.4. The summed E-state index contributed by atoms with van der Waals surface area (Å²) < 4.78 is 10.6. The summed E-state index contributed by atoms with van der Waals surface area (Å²) in [5, 5.41) is 16.3. The second kappa shape index (κ2) is 11.5. The van der Waals surface area contributed by atoms with Crippen molar-refractivity contribution in [2.24, 2.45) is 5.10 Å². The number of aromatic hydroxyl groups is 1. The first-order valence-electron chi connectivity index (χ1n) is 10.0. The maximum absolute atomic E-state index is 12.9. The van der Waals surface area contributed by atoms with Crippen LogP contribution >= 0.6 is 11.6 Å². The Morgan fingerprint density at radius 3 is 2.44 bits per heavy atom. The molecule has 0 radical (unpaired) electrons. The average molecular weight is 480 g/mol. The Balaban J connectivity index is 1.92. The number of hydrogen-bond acceptors (Lipinski definition) is 6. The van der Waals surface area contributed by atoms with Crippen LogP contribution in [-0.2, 0) is 4.79 Å². The Morgan fingerprint density at radius 2 is 1.74 bits per heavy atom. The van der Waals surface area contributed by atoms with Gasteiger partial charge in [0.25, 0.3) is 11.8 Å². The summed E-state index contributed by atoms with van der Waals surface area (Å²) in [7, 11) is 3.01. The summed E-state index contributed by atoms with van der Waals surface area (Å²) >= 11 is 6.03. The van der Waals surface area contributed by atoms with Gasteiger partial charge in [-0.1, -0.05) is 41.9 Å². The zero-order valence-corrected chi connectivity index (χ0v) is 19.2. The third-order valence-corrected chi connectivity index (χ3v) is 5.06. The number of halogens is 1. The minimum Gasteiger partial charge on any atom is -0.506 e. The lowest BCUT2D eigenvalue weighted by Gasteiger charge is -2.12. The highest BCUT2D eigenvalue weighted by molar-refractivity contribution is 6.34. The summed E-state index contributed by atoms with van der Waals surface area (Å²) in [5.41, 5.74) is 3.54. The monoisotopic (exact) mass is 479 g/mol. The molecule has 0 fully saturated rings. The molecule has 0 spiro atoms. The van der Waals surface area contributed by atoms with Crippen molar-refractivity contribution in [2.75, 3.05) is 14.2 Å². The van der Waals surface area contributed by atoms with Crippen LogP contribution < -0.4 is 20.2 Å². The highest BCUT2D eigenvalue weighted by Crippen LogP contribution is 2.26. The van der Waals surface area contributed by atoms with E-state index in [0.29, 0.717) is 28.2 Å². The standard InChI is InChI=1S/C25H22ClN3O5/c1-33-19-11-12-22(34-2)18(13-19)14-20(28-24(31)16-7-4-3-5-8-16)25(32)29-27-15-17-9-6-10-21(30)23(17)26/h3-15,30H,1-2H3,(H,28,31)(H,29,32)/b20-14-,27-15-. The minimum absolute atomic E-state index is 0.0837. The SMILES string of the molecule is COc1ccc(OC)c(/C=C(\NC(=O)c2ccccc2)C(=O)N/N=C\c2cccc(O)c2Cl)c1. The van der Waals surface area contributed by atoms with Crippen molar-refractivity contribution in [3.63, 3.8) is 0 Å². The lowest BCUT2D eigenvalue weighted by Crippen LogP contribution is -2.32. The molecule has 0 bridgehead atoms. The summed E-state index contributed by atoms with van der Waals surface area (Å²) in [6.07, 6.45) is 2.73. The van der Waals surface area contributed by atoms with Crippen LogP contribution in [-0.4, -0.2) is 37.4 Å². The number of phenols is 1. The number of phenolic OH excluding ortho intramolecular Hbond substituents is 1. The second-order valence-electron chi connectivity index (χ2n) is 6.87. The summed E-state index contributed by atoms with van der Waals surface area (Å²) in [4.78, 5) is 25.7. The minimum atomic E-state index is -0.693. The van der Waals surface area contributed by atoms with E-state index in [2.05, 4.69) is 15.8 Å². The van der Waals surface area contributed by atoms with Gasteiger partial charge in [0.2, 0.25) is 0 Å². The zero-order chi connectivity index (χ0) is 24.5. The molecule has 0 aromatic heterocycles. The number of benzene rings is 3. The van der Waals surface area contributed by atoms with E-state index in [9.17, 15) is 14.7 Å². The summed E-state index contributed by atoms with van der Waals surface area (Å²) in [5.74, 6) is -0.281. The van der Waals surface area contributed by atoms with Gasteiger partial charge in [0.1, 0.15) is 22.9 Å². The van der Waals surface area contributed by atoms with E-state index >= 15 is 0 Å². The lowest BCUT2D eigenvalue weighted by atomic mass is 10.1. The Kier molecular flexibility index (Phi) is 8.26. The van der Waals surface area contributed by atoms with Gasteiger partial charge in [-0.15, -0.1) is 0 Å². The van der Waals surface area contributed by atoms with Gasteiger partial charge in [-0.25, -0.2) is 5.43 Å². The van der Waals surface area contributed by atoms with Gasteiger partial charge in [-0.05, 0) is 42.5 Å². The number of hydrogen-bond donors (Lipinski definition) is 3. The molecule has 3 N–H and O–H groups in total. The number of nitrogens with zero attached hydrogens (tertiary/aromatic N) is 1. The average Bonchev–Trinajstić information content (AvgIpc) is 2.86. The van der Waals surface area contributed by atoms with E-state index in [1.165, 1.54) is 32.6 Å². The summed E-state index contributed by atoms with van der Waals surface area (Å²) in [6.45, 7) is 0. The van der Waals surface area contributed by atoms with Gasteiger partial charge in [-0.3, -0.25) is 9.59 Å². The molecule has 0 unspecified atom stereocenters. The number of methoxy groups -OCH3 is 2. The van der Waals surface area contributed by atoms with E-state index in [1.807, 2.05) is 0 Å². The van der Waals surface area contributed by atoms with Gasteiger partial charge in [0.05, 0.1) is 25.5 Å². The summed E-state index contributed by atoms with van der Waals surface area (Å²) in [6, 6.07) is 18.1. The fourth-order valence-electron chi connectivity index (χ4n) is 2.91. The van der Waals surface area contributed by atoms with Crippen LogP contribution in [0, 0.1) is 0 Å². The van der Waals surface area contributed by atoms with E-state index in [1.54, 1.807) is 60.7 Å². The first-order chi connectivity index (χ1) is 16.4. The third kappa shape index (κ3) is 6.14.